The first-order chi connectivity index (χ1) is 7.64. The van der Waals surface area contributed by atoms with Gasteiger partial charge in [0.15, 0.2) is 10.7 Å². The number of alkyl halides is 2. The van der Waals surface area contributed by atoms with E-state index < -0.39 is 42.6 Å². The molecule has 0 aliphatic heterocycles. The Kier molecular flexibility index (Phi) is 3.57. The van der Waals surface area contributed by atoms with E-state index in [1.807, 2.05) is 0 Å². The Bertz CT molecular complexity index is 577. The van der Waals surface area contributed by atoms with Crippen LogP contribution in [0.3, 0.4) is 0 Å². The van der Waals surface area contributed by atoms with Gasteiger partial charge in [-0.2, -0.15) is 4.39 Å². The minimum absolute atomic E-state index is 0.170. The van der Waals surface area contributed by atoms with Crippen molar-refractivity contribution in [3.63, 3.8) is 0 Å². The highest BCUT2D eigenvalue weighted by atomic mass is 35.7. The van der Waals surface area contributed by atoms with E-state index in [0.29, 0.717) is 0 Å². The van der Waals surface area contributed by atoms with Gasteiger partial charge >= 0.3 is 5.69 Å². The molecule has 1 aromatic rings. The molecular weight excluding hydrogens is 289 g/mol. The first-order valence-electron chi connectivity index (χ1n) is 3.72. The van der Waals surface area contributed by atoms with Gasteiger partial charge in [-0.15, -0.1) is 0 Å². The Hall–Kier alpha value is -1.42. The van der Waals surface area contributed by atoms with Crippen LogP contribution in [0.15, 0.2) is 11.1 Å². The van der Waals surface area contributed by atoms with Crippen LogP contribution >= 0.6 is 10.7 Å². The average molecular weight is 291 g/mol. The van der Waals surface area contributed by atoms with Crippen molar-refractivity contribution in [2.24, 2.45) is 0 Å². The van der Waals surface area contributed by atoms with E-state index in [4.69, 9.17) is 10.7 Å². The molecule has 0 aliphatic carbocycles. The van der Waals surface area contributed by atoms with Crippen molar-refractivity contribution in [2.75, 3.05) is 0 Å². The van der Waals surface area contributed by atoms with E-state index >= 15 is 0 Å². The van der Waals surface area contributed by atoms with Gasteiger partial charge in [-0.1, -0.05) is 0 Å². The maximum absolute atomic E-state index is 13.1. The minimum Gasteiger partial charge on any atom is -0.258 e. The van der Waals surface area contributed by atoms with E-state index in [0.717, 1.165) is 0 Å². The number of hydrogen-bond donors (Lipinski definition) is 0. The summed E-state index contributed by atoms with van der Waals surface area (Å²) in [4.78, 5) is 11.7. The Balaban J connectivity index is 3.65. The van der Waals surface area contributed by atoms with E-state index in [-0.39, 0.29) is 6.07 Å². The highest BCUT2D eigenvalue weighted by Gasteiger charge is 2.29. The number of halogens is 4. The van der Waals surface area contributed by atoms with Crippen LogP contribution < -0.4 is 0 Å². The summed E-state index contributed by atoms with van der Waals surface area (Å²) < 4.78 is 59.3. The summed E-state index contributed by atoms with van der Waals surface area (Å²) in [5.74, 6) is -1.89. The van der Waals surface area contributed by atoms with Gasteiger partial charge in [-0.05, 0) is 0 Å². The Morgan fingerprint density at radius 2 is 2.00 bits per heavy atom. The molecule has 17 heavy (non-hydrogen) atoms. The molecule has 11 heteroatoms. The van der Waals surface area contributed by atoms with Crippen molar-refractivity contribution in [3.8, 4) is 0 Å². The van der Waals surface area contributed by atoms with Gasteiger partial charge in [0.1, 0.15) is 0 Å². The predicted molar refractivity (Wildman–Crippen MR) is 48.8 cm³/mol. The molecular formula is C6H2ClF3N2O4S. The Morgan fingerprint density at radius 3 is 2.35 bits per heavy atom. The maximum atomic E-state index is 13.1. The summed E-state index contributed by atoms with van der Waals surface area (Å²) in [7, 11) is 0.209. The zero-order valence-electron chi connectivity index (χ0n) is 7.60. The lowest BCUT2D eigenvalue weighted by molar-refractivity contribution is -0.388. The molecule has 0 bridgehead atoms. The normalized spacial score (nSPS) is 11.8. The first-order valence-corrected chi connectivity index (χ1v) is 6.03. The average Bonchev–Trinajstić information content (AvgIpc) is 2.14. The number of nitro groups is 1. The van der Waals surface area contributed by atoms with Crippen LogP contribution in [0, 0.1) is 15.9 Å². The van der Waals surface area contributed by atoms with Crippen molar-refractivity contribution in [3.05, 3.63) is 27.7 Å². The first kappa shape index (κ1) is 13.6. The molecule has 0 saturated carbocycles. The quantitative estimate of drug-likeness (QED) is 0.482. The van der Waals surface area contributed by atoms with E-state index in [9.17, 15) is 31.7 Å². The Labute approximate surface area is 96.6 Å². The molecule has 0 fully saturated rings. The zero-order valence-corrected chi connectivity index (χ0v) is 9.17. The van der Waals surface area contributed by atoms with Gasteiger partial charge in [0, 0.05) is 10.7 Å². The zero-order chi connectivity index (χ0) is 13.4. The van der Waals surface area contributed by atoms with Crippen LogP contribution in [0.4, 0.5) is 18.9 Å². The van der Waals surface area contributed by atoms with Gasteiger partial charge in [0.25, 0.3) is 15.5 Å². The van der Waals surface area contributed by atoms with Gasteiger partial charge in [-0.3, -0.25) is 10.1 Å². The van der Waals surface area contributed by atoms with Crippen LogP contribution in [0.25, 0.3) is 0 Å². The van der Waals surface area contributed by atoms with Gasteiger partial charge in [0.05, 0.1) is 11.0 Å². The molecule has 94 valence electrons. The molecule has 0 aliphatic rings. The third-order valence-corrected chi connectivity index (χ3v) is 2.78. The van der Waals surface area contributed by atoms with E-state index in [2.05, 4.69) is 4.98 Å². The van der Waals surface area contributed by atoms with Gasteiger partial charge < -0.3 is 0 Å². The number of aromatic nitrogens is 1. The summed E-state index contributed by atoms with van der Waals surface area (Å²) in [6, 6.07) is 0.170. The number of nitrogens with zero attached hydrogens (tertiary/aromatic N) is 2. The lowest BCUT2D eigenvalue weighted by atomic mass is 10.3. The van der Waals surface area contributed by atoms with Crippen molar-refractivity contribution in [2.45, 2.75) is 11.5 Å². The lowest BCUT2D eigenvalue weighted by Gasteiger charge is -2.03. The van der Waals surface area contributed by atoms with Crippen molar-refractivity contribution >= 4 is 25.4 Å². The fraction of sp³-hybridized carbons (Fsp3) is 0.167. The molecule has 6 nitrogen and oxygen atoms in total. The molecule has 0 amide bonds. The van der Waals surface area contributed by atoms with Crippen LogP contribution in [-0.4, -0.2) is 18.3 Å². The molecule has 0 radical (unpaired) electrons. The van der Waals surface area contributed by atoms with E-state index in [1.54, 1.807) is 0 Å². The number of pyridine rings is 1. The monoisotopic (exact) mass is 290 g/mol. The summed E-state index contributed by atoms with van der Waals surface area (Å²) in [6.07, 6.45) is -3.51. The number of hydrogen-bond acceptors (Lipinski definition) is 5. The molecule has 0 saturated heterocycles. The fourth-order valence-electron chi connectivity index (χ4n) is 0.914. The second-order valence-corrected chi connectivity index (χ2v) is 5.19. The smallest absolute Gasteiger partial charge is 0.258 e. The highest BCUT2D eigenvalue weighted by Crippen LogP contribution is 2.29. The van der Waals surface area contributed by atoms with Gasteiger partial charge in [0.2, 0.25) is 5.82 Å². The van der Waals surface area contributed by atoms with Crippen molar-refractivity contribution < 1.29 is 26.5 Å². The minimum atomic E-state index is -4.57. The van der Waals surface area contributed by atoms with E-state index in [1.165, 1.54) is 0 Å². The summed E-state index contributed by atoms with van der Waals surface area (Å²) in [5, 5.41) is 9.12. The standard InChI is InChI=1S/C6H2ClF3N2O4S/c7-17(15,16)3-1-2(12(13)14)4(8)5(11-3)6(9)10/h1,6H. The molecule has 1 rings (SSSR count). The molecule has 1 heterocycles. The van der Waals surface area contributed by atoms with Crippen LogP contribution in [0.2, 0.25) is 0 Å². The lowest BCUT2D eigenvalue weighted by Crippen LogP contribution is -2.06. The second kappa shape index (κ2) is 4.45. The SMILES string of the molecule is O=[N+]([O-])c1cc(S(=O)(=O)Cl)nc(C(F)F)c1F. The molecule has 0 N–H and O–H groups in total. The fourth-order valence-corrected chi connectivity index (χ4v) is 1.61. The molecule has 1 aromatic heterocycles. The molecule has 0 aromatic carbocycles. The predicted octanol–water partition coefficient (Wildman–Crippen LogP) is 1.99. The highest BCUT2D eigenvalue weighted by molar-refractivity contribution is 8.13. The molecule has 0 spiro atoms. The van der Waals surface area contributed by atoms with Crippen LogP contribution in [-0.2, 0) is 9.05 Å². The largest absolute Gasteiger partial charge is 0.309 e. The summed E-state index contributed by atoms with van der Waals surface area (Å²) >= 11 is 0. The van der Waals surface area contributed by atoms with Gasteiger partial charge in [-0.25, -0.2) is 22.2 Å². The summed E-state index contributed by atoms with van der Waals surface area (Å²) in [5.41, 5.74) is -3.08. The third kappa shape index (κ3) is 2.82. The van der Waals surface area contributed by atoms with Crippen molar-refractivity contribution in [1.82, 2.24) is 4.98 Å². The van der Waals surface area contributed by atoms with Crippen LogP contribution in [0.1, 0.15) is 12.1 Å². The molecule has 0 unspecified atom stereocenters. The molecule has 0 atom stereocenters. The van der Waals surface area contributed by atoms with Crippen LogP contribution in [0.5, 0.6) is 0 Å². The Morgan fingerprint density at radius 1 is 1.47 bits per heavy atom. The summed E-state index contributed by atoms with van der Waals surface area (Å²) in [6.45, 7) is 0. The topological polar surface area (TPSA) is 90.2 Å². The number of rotatable bonds is 3. The third-order valence-electron chi connectivity index (χ3n) is 1.59. The second-order valence-electron chi connectivity index (χ2n) is 2.67. The maximum Gasteiger partial charge on any atom is 0.309 e. The van der Waals surface area contributed by atoms with Crippen molar-refractivity contribution in [1.29, 1.82) is 0 Å².